The van der Waals surface area contributed by atoms with Gasteiger partial charge in [0.2, 0.25) is 0 Å². The molecule has 0 unspecified atom stereocenters. The summed E-state index contributed by atoms with van der Waals surface area (Å²) in [6.45, 7) is 11.5. The number of aryl methyl sites for hydroxylation is 1. The monoisotopic (exact) mass is 404 g/mol. The Kier molecular flexibility index (Phi) is 5.57. The Labute approximate surface area is 158 Å². The van der Waals surface area contributed by atoms with Crippen molar-refractivity contribution < 1.29 is 9.53 Å². The van der Waals surface area contributed by atoms with Crippen LogP contribution in [0, 0.1) is 6.92 Å². The normalized spacial score (nSPS) is 12.0. The number of hydrogen-bond donors (Lipinski definition) is 1. The van der Waals surface area contributed by atoms with Gasteiger partial charge in [0, 0.05) is 22.4 Å². The summed E-state index contributed by atoms with van der Waals surface area (Å²) in [5.74, 6) is 0. The van der Waals surface area contributed by atoms with E-state index in [1.54, 1.807) is 6.20 Å². The second kappa shape index (κ2) is 7.16. The van der Waals surface area contributed by atoms with Gasteiger partial charge in [0.05, 0.1) is 5.54 Å². The molecule has 0 aliphatic heterocycles. The number of nitrogens with one attached hydrogen (secondary N) is 1. The maximum atomic E-state index is 12.1. The minimum absolute atomic E-state index is 0.419. The van der Waals surface area contributed by atoms with Crippen molar-refractivity contribution in [2.45, 2.75) is 52.7 Å². The minimum atomic E-state index is -0.541. The van der Waals surface area contributed by atoms with Crippen molar-refractivity contribution in [3.8, 4) is 11.1 Å². The van der Waals surface area contributed by atoms with Gasteiger partial charge in [-0.05, 0) is 80.2 Å². The first-order valence-electron chi connectivity index (χ1n) is 8.21. The average Bonchev–Trinajstić information content (AvgIpc) is 2.44. The van der Waals surface area contributed by atoms with Crippen LogP contribution in [0.5, 0.6) is 0 Å². The molecule has 0 radical (unpaired) electrons. The minimum Gasteiger partial charge on any atom is -0.444 e. The summed E-state index contributed by atoms with van der Waals surface area (Å²) in [6, 6.07) is 8.23. The fraction of sp³-hybridized carbons (Fsp3) is 0.400. The highest BCUT2D eigenvalue weighted by Gasteiger charge is 2.27. The lowest BCUT2D eigenvalue weighted by atomic mass is 9.88. The lowest BCUT2D eigenvalue weighted by Gasteiger charge is -2.30. The molecule has 0 bridgehead atoms. The van der Waals surface area contributed by atoms with Crippen molar-refractivity contribution in [1.82, 2.24) is 10.3 Å². The van der Waals surface area contributed by atoms with Gasteiger partial charge in [-0.15, -0.1) is 0 Å². The standard InChI is InChI=1S/C20H25BrN2O2/c1-13-9-14(15-10-16(21)12-22-11-15)7-8-17(13)20(5,6)23-18(24)25-19(2,3)4/h7-12H,1-6H3,(H,23,24). The number of carbonyl (C=O) groups excluding carboxylic acids is 1. The average molecular weight is 405 g/mol. The molecule has 5 heteroatoms. The summed E-state index contributed by atoms with van der Waals surface area (Å²) in [5, 5.41) is 2.96. The molecule has 2 aromatic rings. The summed E-state index contributed by atoms with van der Waals surface area (Å²) < 4.78 is 6.32. The lowest BCUT2D eigenvalue weighted by molar-refractivity contribution is 0.0470. The van der Waals surface area contributed by atoms with Crippen LogP contribution in [-0.4, -0.2) is 16.7 Å². The smallest absolute Gasteiger partial charge is 0.408 e. The highest BCUT2D eigenvalue weighted by atomic mass is 79.9. The quantitative estimate of drug-likeness (QED) is 0.725. The van der Waals surface area contributed by atoms with E-state index in [2.05, 4.69) is 32.3 Å². The third-order valence-corrected chi connectivity index (χ3v) is 4.19. The van der Waals surface area contributed by atoms with Gasteiger partial charge in [-0.1, -0.05) is 18.2 Å². The molecule has 134 valence electrons. The number of hydrogen-bond acceptors (Lipinski definition) is 3. The van der Waals surface area contributed by atoms with Crippen LogP contribution in [0.1, 0.15) is 45.7 Å². The number of ether oxygens (including phenoxy) is 1. The van der Waals surface area contributed by atoms with Crippen molar-refractivity contribution in [1.29, 1.82) is 0 Å². The molecule has 2 rings (SSSR count). The molecule has 0 saturated heterocycles. The molecule has 25 heavy (non-hydrogen) atoms. The highest BCUT2D eigenvalue weighted by molar-refractivity contribution is 9.10. The molecule has 0 fully saturated rings. The predicted octanol–water partition coefficient (Wildman–Crippen LogP) is 5.58. The van der Waals surface area contributed by atoms with E-state index in [0.717, 1.165) is 26.7 Å². The van der Waals surface area contributed by atoms with Crippen LogP contribution in [0.2, 0.25) is 0 Å². The molecule has 0 spiro atoms. The van der Waals surface area contributed by atoms with Crippen molar-refractivity contribution in [2.75, 3.05) is 0 Å². The van der Waals surface area contributed by atoms with E-state index in [9.17, 15) is 4.79 Å². The summed E-state index contributed by atoms with van der Waals surface area (Å²) in [4.78, 5) is 16.4. The number of carbonyl (C=O) groups is 1. The van der Waals surface area contributed by atoms with Gasteiger partial charge in [0.25, 0.3) is 0 Å². The third kappa shape index (κ3) is 5.30. The lowest BCUT2D eigenvalue weighted by Crippen LogP contribution is -2.44. The van der Waals surface area contributed by atoms with Gasteiger partial charge in [-0.25, -0.2) is 4.79 Å². The molecule has 4 nitrogen and oxygen atoms in total. The number of nitrogens with zero attached hydrogens (tertiary/aromatic N) is 1. The van der Waals surface area contributed by atoms with E-state index in [1.807, 2.05) is 65.9 Å². The molecular formula is C20H25BrN2O2. The fourth-order valence-electron chi connectivity index (χ4n) is 2.74. The number of amides is 1. The Hall–Kier alpha value is -1.88. The van der Waals surface area contributed by atoms with E-state index in [1.165, 1.54) is 0 Å². The van der Waals surface area contributed by atoms with Crippen LogP contribution >= 0.6 is 15.9 Å². The van der Waals surface area contributed by atoms with Crippen LogP contribution < -0.4 is 5.32 Å². The number of halogens is 1. The third-order valence-electron chi connectivity index (χ3n) is 3.75. The largest absolute Gasteiger partial charge is 0.444 e. The first kappa shape index (κ1) is 19.4. The predicted molar refractivity (Wildman–Crippen MR) is 105 cm³/mol. The summed E-state index contributed by atoms with van der Waals surface area (Å²) >= 11 is 3.45. The molecular weight excluding hydrogens is 380 g/mol. The number of rotatable bonds is 3. The topological polar surface area (TPSA) is 51.2 Å². The molecule has 0 atom stereocenters. The van der Waals surface area contributed by atoms with E-state index >= 15 is 0 Å². The van der Waals surface area contributed by atoms with Crippen molar-refractivity contribution in [3.05, 3.63) is 52.3 Å². The summed E-state index contributed by atoms with van der Waals surface area (Å²) in [6.07, 6.45) is 3.18. The Morgan fingerprint density at radius 3 is 2.32 bits per heavy atom. The van der Waals surface area contributed by atoms with Crippen molar-refractivity contribution >= 4 is 22.0 Å². The zero-order chi connectivity index (χ0) is 18.8. The van der Waals surface area contributed by atoms with E-state index in [-0.39, 0.29) is 0 Å². The summed E-state index contributed by atoms with van der Waals surface area (Å²) in [5.41, 5.74) is 3.21. The van der Waals surface area contributed by atoms with Gasteiger partial charge >= 0.3 is 6.09 Å². The molecule has 0 aliphatic rings. The second-order valence-electron chi connectivity index (χ2n) is 7.67. The Morgan fingerprint density at radius 1 is 1.08 bits per heavy atom. The molecule has 1 N–H and O–H groups in total. The SMILES string of the molecule is Cc1cc(-c2cncc(Br)c2)ccc1C(C)(C)NC(=O)OC(C)(C)C. The van der Waals surface area contributed by atoms with Crippen LogP contribution in [0.25, 0.3) is 11.1 Å². The molecule has 1 heterocycles. The van der Waals surface area contributed by atoms with Gasteiger partial charge in [-0.2, -0.15) is 0 Å². The van der Waals surface area contributed by atoms with Gasteiger partial charge < -0.3 is 10.1 Å². The molecule has 1 aromatic carbocycles. The zero-order valence-electron chi connectivity index (χ0n) is 15.6. The first-order valence-corrected chi connectivity index (χ1v) is 9.00. The number of benzene rings is 1. The molecule has 1 aromatic heterocycles. The first-order chi connectivity index (χ1) is 11.5. The number of aromatic nitrogens is 1. The van der Waals surface area contributed by atoms with Crippen molar-refractivity contribution in [2.24, 2.45) is 0 Å². The zero-order valence-corrected chi connectivity index (χ0v) is 17.2. The Balaban J connectivity index is 2.26. The Bertz CT molecular complexity index is 780. The fourth-order valence-corrected chi connectivity index (χ4v) is 3.11. The number of alkyl carbamates (subject to hydrolysis) is 1. The number of pyridine rings is 1. The van der Waals surface area contributed by atoms with E-state index < -0.39 is 17.2 Å². The van der Waals surface area contributed by atoms with Gasteiger partial charge in [-0.3, -0.25) is 4.98 Å². The van der Waals surface area contributed by atoms with Crippen molar-refractivity contribution in [3.63, 3.8) is 0 Å². The van der Waals surface area contributed by atoms with E-state index in [4.69, 9.17) is 4.74 Å². The maximum absolute atomic E-state index is 12.1. The van der Waals surface area contributed by atoms with Gasteiger partial charge in [0.15, 0.2) is 0 Å². The van der Waals surface area contributed by atoms with E-state index in [0.29, 0.717) is 0 Å². The maximum Gasteiger partial charge on any atom is 0.408 e. The van der Waals surface area contributed by atoms with Crippen LogP contribution in [0.3, 0.4) is 0 Å². The highest BCUT2D eigenvalue weighted by Crippen LogP contribution is 2.29. The van der Waals surface area contributed by atoms with Gasteiger partial charge in [0.1, 0.15) is 5.60 Å². The molecule has 0 aliphatic carbocycles. The van der Waals surface area contributed by atoms with Crippen LogP contribution in [0.4, 0.5) is 4.79 Å². The second-order valence-corrected chi connectivity index (χ2v) is 8.59. The molecule has 1 amide bonds. The Morgan fingerprint density at radius 2 is 1.76 bits per heavy atom. The summed E-state index contributed by atoms with van der Waals surface area (Å²) in [7, 11) is 0. The molecule has 0 saturated carbocycles. The van der Waals surface area contributed by atoms with Crippen LogP contribution in [0.15, 0.2) is 41.1 Å². The van der Waals surface area contributed by atoms with Crippen LogP contribution in [-0.2, 0) is 10.3 Å².